The Bertz CT molecular complexity index is 876. The van der Waals surface area contributed by atoms with Crippen molar-refractivity contribution in [1.29, 1.82) is 0 Å². The molecule has 0 radical (unpaired) electrons. The van der Waals surface area contributed by atoms with Crippen molar-refractivity contribution < 1.29 is 14.3 Å². The van der Waals surface area contributed by atoms with E-state index in [0.29, 0.717) is 17.1 Å². The fourth-order valence-electron chi connectivity index (χ4n) is 2.61. The zero-order valence-corrected chi connectivity index (χ0v) is 14.8. The molecule has 1 N–H and O–H groups in total. The lowest BCUT2D eigenvalue weighted by molar-refractivity contribution is 0.0936. The number of ether oxygens (including phenoxy) is 2. The molecule has 1 heterocycles. The van der Waals surface area contributed by atoms with E-state index in [9.17, 15) is 4.79 Å². The first-order valence-corrected chi connectivity index (χ1v) is 8.12. The number of aromatic nitrogens is 3. The van der Waals surface area contributed by atoms with Crippen LogP contribution in [0.3, 0.4) is 0 Å². The lowest BCUT2D eigenvalue weighted by atomic mass is 10.1. The van der Waals surface area contributed by atoms with Gasteiger partial charge < -0.3 is 14.8 Å². The Morgan fingerprint density at radius 1 is 1.12 bits per heavy atom. The van der Waals surface area contributed by atoms with Crippen molar-refractivity contribution in [2.24, 2.45) is 0 Å². The Morgan fingerprint density at radius 3 is 2.50 bits per heavy atom. The van der Waals surface area contributed by atoms with Crippen LogP contribution in [-0.4, -0.2) is 35.1 Å². The number of hydrogen-bond acceptors (Lipinski definition) is 5. The van der Waals surface area contributed by atoms with Crippen LogP contribution in [0.25, 0.3) is 5.69 Å². The summed E-state index contributed by atoms with van der Waals surface area (Å²) in [6, 6.07) is 12.7. The minimum Gasteiger partial charge on any atom is -0.497 e. The molecule has 134 valence electrons. The minimum atomic E-state index is -0.228. The highest BCUT2D eigenvalue weighted by atomic mass is 16.5. The van der Waals surface area contributed by atoms with E-state index in [1.54, 1.807) is 42.4 Å². The highest BCUT2D eigenvalue weighted by Crippen LogP contribution is 2.25. The van der Waals surface area contributed by atoms with Gasteiger partial charge in [0.1, 0.15) is 11.5 Å². The molecule has 0 aliphatic heterocycles. The van der Waals surface area contributed by atoms with Gasteiger partial charge in [-0.25, -0.2) is 4.68 Å². The molecule has 7 nitrogen and oxygen atoms in total. The Kier molecular flexibility index (Phi) is 5.17. The van der Waals surface area contributed by atoms with Crippen molar-refractivity contribution in [2.45, 2.75) is 13.0 Å². The van der Waals surface area contributed by atoms with Gasteiger partial charge in [-0.2, -0.15) is 0 Å². The summed E-state index contributed by atoms with van der Waals surface area (Å²) in [5, 5.41) is 10.7. The molecule has 3 aromatic rings. The SMILES string of the molecule is COc1ccc(OC)c(C(=O)N[C@H](C)c2ccc(-n3ccnn3)cc2)c1. The molecule has 1 aromatic heterocycles. The molecule has 0 fully saturated rings. The summed E-state index contributed by atoms with van der Waals surface area (Å²) in [5.41, 5.74) is 2.31. The van der Waals surface area contributed by atoms with Gasteiger partial charge in [0.2, 0.25) is 0 Å². The van der Waals surface area contributed by atoms with E-state index in [2.05, 4.69) is 15.6 Å². The molecule has 0 spiro atoms. The fourth-order valence-corrected chi connectivity index (χ4v) is 2.61. The van der Waals surface area contributed by atoms with Gasteiger partial charge in [0, 0.05) is 0 Å². The van der Waals surface area contributed by atoms with Crippen molar-refractivity contribution >= 4 is 5.91 Å². The topological polar surface area (TPSA) is 78.3 Å². The molecule has 7 heteroatoms. The van der Waals surface area contributed by atoms with E-state index in [1.165, 1.54) is 7.11 Å². The number of methoxy groups -OCH3 is 2. The summed E-state index contributed by atoms with van der Waals surface area (Å²) in [7, 11) is 3.09. The number of amides is 1. The predicted molar refractivity (Wildman–Crippen MR) is 96.8 cm³/mol. The summed E-state index contributed by atoms with van der Waals surface area (Å²) < 4.78 is 12.1. The second-order valence-electron chi connectivity index (χ2n) is 5.70. The Balaban J connectivity index is 1.75. The van der Waals surface area contributed by atoms with Gasteiger partial charge in [-0.1, -0.05) is 17.3 Å². The Morgan fingerprint density at radius 2 is 1.88 bits per heavy atom. The molecule has 0 unspecified atom stereocenters. The molecule has 0 bridgehead atoms. The lowest BCUT2D eigenvalue weighted by Gasteiger charge is -2.16. The third-order valence-electron chi connectivity index (χ3n) is 4.08. The lowest BCUT2D eigenvalue weighted by Crippen LogP contribution is -2.27. The van der Waals surface area contributed by atoms with Crippen LogP contribution in [0, 0.1) is 0 Å². The van der Waals surface area contributed by atoms with E-state index in [1.807, 2.05) is 31.2 Å². The molecule has 0 saturated carbocycles. The third-order valence-corrected chi connectivity index (χ3v) is 4.08. The van der Waals surface area contributed by atoms with Gasteiger partial charge in [-0.05, 0) is 42.8 Å². The van der Waals surface area contributed by atoms with Crippen molar-refractivity contribution in [3.63, 3.8) is 0 Å². The van der Waals surface area contributed by atoms with Gasteiger partial charge in [0.25, 0.3) is 5.91 Å². The summed E-state index contributed by atoms with van der Waals surface area (Å²) >= 11 is 0. The van der Waals surface area contributed by atoms with Crippen LogP contribution in [-0.2, 0) is 0 Å². The second-order valence-corrected chi connectivity index (χ2v) is 5.70. The smallest absolute Gasteiger partial charge is 0.255 e. The maximum absolute atomic E-state index is 12.7. The van der Waals surface area contributed by atoms with Crippen molar-refractivity contribution in [2.75, 3.05) is 14.2 Å². The van der Waals surface area contributed by atoms with E-state index in [-0.39, 0.29) is 11.9 Å². The number of rotatable bonds is 6. The van der Waals surface area contributed by atoms with Crippen molar-refractivity contribution in [3.8, 4) is 17.2 Å². The molecule has 0 saturated heterocycles. The number of nitrogens with zero attached hydrogens (tertiary/aromatic N) is 3. The fraction of sp³-hybridized carbons (Fsp3) is 0.211. The zero-order chi connectivity index (χ0) is 18.5. The van der Waals surface area contributed by atoms with E-state index >= 15 is 0 Å². The molecule has 3 rings (SSSR count). The van der Waals surface area contributed by atoms with E-state index in [0.717, 1.165) is 11.3 Å². The van der Waals surface area contributed by atoms with Gasteiger partial charge >= 0.3 is 0 Å². The first-order chi connectivity index (χ1) is 12.6. The number of benzene rings is 2. The highest BCUT2D eigenvalue weighted by Gasteiger charge is 2.16. The average molecular weight is 352 g/mol. The average Bonchev–Trinajstić information content (AvgIpc) is 3.22. The van der Waals surface area contributed by atoms with Crippen LogP contribution in [0.1, 0.15) is 28.9 Å². The summed E-state index contributed by atoms with van der Waals surface area (Å²) in [4.78, 5) is 12.7. The normalized spacial score (nSPS) is 11.7. The van der Waals surface area contributed by atoms with Gasteiger partial charge in [0.05, 0.1) is 43.9 Å². The highest BCUT2D eigenvalue weighted by molar-refractivity contribution is 5.97. The van der Waals surface area contributed by atoms with E-state index < -0.39 is 0 Å². The maximum atomic E-state index is 12.7. The van der Waals surface area contributed by atoms with Crippen molar-refractivity contribution in [3.05, 3.63) is 66.0 Å². The summed E-state index contributed by atoms with van der Waals surface area (Å²) in [6.07, 6.45) is 3.40. The largest absolute Gasteiger partial charge is 0.497 e. The Labute approximate surface area is 151 Å². The van der Waals surface area contributed by atoms with Crippen LogP contribution < -0.4 is 14.8 Å². The van der Waals surface area contributed by atoms with Gasteiger partial charge in [0.15, 0.2) is 0 Å². The van der Waals surface area contributed by atoms with Gasteiger partial charge in [-0.3, -0.25) is 4.79 Å². The second kappa shape index (κ2) is 7.69. The van der Waals surface area contributed by atoms with Crippen molar-refractivity contribution in [1.82, 2.24) is 20.3 Å². The standard InChI is InChI=1S/C19H20N4O3/c1-13(14-4-6-15(7-5-14)23-11-10-20-22-23)21-19(24)17-12-16(25-2)8-9-18(17)26-3/h4-13H,1-3H3,(H,21,24)/t13-/m1/s1. The zero-order valence-electron chi connectivity index (χ0n) is 14.8. The van der Waals surface area contributed by atoms with Crippen LogP contribution in [0.4, 0.5) is 0 Å². The van der Waals surface area contributed by atoms with Crippen LogP contribution >= 0.6 is 0 Å². The molecule has 2 aromatic carbocycles. The quantitative estimate of drug-likeness (QED) is 0.738. The monoisotopic (exact) mass is 352 g/mol. The number of carbonyl (C=O) groups excluding carboxylic acids is 1. The molecule has 26 heavy (non-hydrogen) atoms. The first kappa shape index (κ1) is 17.5. The number of hydrogen-bond donors (Lipinski definition) is 1. The first-order valence-electron chi connectivity index (χ1n) is 8.12. The molecule has 1 amide bonds. The van der Waals surface area contributed by atoms with Gasteiger partial charge in [-0.15, -0.1) is 5.10 Å². The maximum Gasteiger partial charge on any atom is 0.255 e. The molecule has 0 aliphatic rings. The van der Waals surface area contributed by atoms with Crippen LogP contribution in [0.2, 0.25) is 0 Å². The third kappa shape index (κ3) is 3.66. The molecule has 1 atom stereocenters. The Hall–Kier alpha value is -3.35. The summed E-state index contributed by atoms with van der Waals surface area (Å²) in [5.74, 6) is 0.867. The predicted octanol–water partition coefficient (Wildman–Crippen LogP) is 2.78. The summed E-state index contributed by atoms with van der Waals surface area (Å²) in [6.45, 7) is 1.93. The van der Waals surface area contributed by atoms with E-state index in [4.69, 9.17) is 9.47 Å². The van der Waals surface area contributed by atoms with Crippen LogP contribution in [0.5, 0.6) is 11.5 Å². The number of carbonyl (C=O) groups is 1. The molecule has 0 aliphatic carbocycles. The molecular formula is C19H20N4O3. The minimum absolute atomic E-state index is 0.178. The van der Waals surface area contributed by atoms with Crippen LogP contribution in [0.15, 0.2) is 54.9 Å². The molecular weight excluding hydrogens is 332 g/mol. The number of nitrogens with one attached hydrogen (secondary N) is 1.